The number of guanidine groups is 1. The average molecular weight is 508 g/mol. The summed E-state index contributed by atoms with van der Waals surface area (Å²) in [6, 6.07) is 1.67. The van der Waals surface area contributed by atoms with Gasteiger partial charge >= 0.3 is 0 Å². The average Bonchev–Trinajstić information content (AvgIpc) is 3.72. The van der Waals surface area contributed by atoms with E-state index in [9.17, 15) is 13.2 Å². The summed E-state index contributed by atoms with van der Waals surface area (Å²) in [7, 11) is -2.65. The zero-order chi connectivity index (χ0) is 24.5. The highest BCUT2D eigenvalue weighted by Crippen LogP contribution is 2.67. The Morgan fingerprint density at radius 2 is 1.94 bits per heavy atom. The lowest BCUT2D eigenvalue weighted by Gasteiger charge is -2.23. The first-order chi connectivity index (χ1) is 16.1. The van der Waals surface area contributed by atoms with Crippen LogP contribution in [0.2, 0.25) is 5.02 Å². The Labute approximate surface area is 202 Å². The molecule has 1 spiro atoms. The van der Waals surface area contributed by atoms with Crippen molar-refractivity contribution < 1.29 is 17.9 Å². The number of hydrazine groups is 1. The number of methoxy groups -OCH3 is 1. The van der Waals surface area contributed by atoms with Crippen LogP contribution in [0.15, 0.2) is 35.8 Å². The molecule has 2 aromatic heterocycles. The van der Waals surface area contributed by atoms with Crippen LogP contribution in [0.5, 0.6) is 0 Å². The second-order valence-electron chi connectivity index (χ2n) is 8.66. The number of aliphatic imine (C=N–C) groups is 1. The summed E-state index contributed by atoms with van der Waals surface area (Å²) in [6.07, 6.45) is 7.86. The predicted octanol–water partition coefficient (Wildman–Crippen LogP) is 1.67. The van der Waals surface area contributed by atoms with Gasteiger partial charge in [0.2, 0.25) is 16.0 Å². The van der Waals surface area contributed by atoms with Crippen LogP contribution < -0.4 is 15.6 Å². The maximum atomic E-state index is 13.2. The fourth-order valence-electron chi connectivity index (χ4n) is 3.68. The largest absolute Gasteiger partial charge is 0.372 e. The summed E-state index contributed by atoms with van der Waals surface area (Å²) in [5.74, 6) is -0.366. The molecule has 1 unspecified atom stereocenters. The lowest BCUT2D eigenvalue weighted by molar-refractivity contribution is 0.0939. The van der Waals surface area contributed by atoms with Crippen LogP contribution >= 0.6 is 11.6 Å². The molecule has 0 aromatic carbocycles. The van der Waals surface area contributed by atoms with Crippen molar-refractivity contribution in [3.05, 3.63) is 52.8 Å². The number of sulfonamides is 1. The molecule has 0 saturated heterocycles. The molecular formula is C21H26ClN7O4S. The number of rotatable bonds is 7. The third-order valence-corrected chi connectivity index (χ3v) is 7.96. The molecule has 2 aromatic rings. The zero-order valence-electron chi connectivity index (χ0n) is 18.9. The SMILES string of the molecule is CO[C@H](c1ncc(Cl)cn1)[C@H](C)S(=O)(=O)NC(=NC1CC12CC2)NNC(=O)c1cncc(C)c1. The number of halogens is 1. The number of hydrogen-bond donors (Lipinski definition) is 3. The third kappa shape index (κ3) is 5.45. The molecule has 0 radical (unpaired) electrons. The van der Waals surface area contributed by atoms with Gasteiger partial charge < -0.3 is 4.74 Å². The number of carbonyl (C=O) groups is 1. The van der Waals surface area contributed by atoms with Gasteiger partial charge in [-0.15, -0.1) is 0 Å². The lowest BCUT2D eigenvalue weighted by atomic mass is 10.2. The maximum Gasteiger partial charge on any atom is 0.271 e. The number of nitrogens with zero attached hydrogens (tertiary/aromatic N) is 4. The highest BCUT2D eigenvalue weighted by molar-refractivity contribution is 7.90. The number of carbonyl (C=O) groups excluding carboxylic acids is 1. The molecule has 2 aliphatic rings. The minimum Gasteiger partial charge on any atom is -0.372 e. The molecule has 13 heteroatoms. The Morgan fingerprint density at radius 3 is 2.53 bits per heavy atom. The number of aryl methyl sites for hydroxylation is 1. The van der Waals surface area contributed by atoms with Gasteiger partial charge in [-0.05, 0) is 50.2 Å². The van der Waals surface area contributed by atoms with E-state index in [1.165, 1.54) is 32.6 Å². The van der Waals surface area contributed by atoms with E-state index in [4.69, 9.17) is 16.3 Å². The first-order valence-corrected chi connectivity index (χ1v) is 12.6. The van der Waals surface area contributed by atoms with E-state index in [0.717, 1.165) is 24.8 Å². The van der Waals surface area contributed by atoms with Crippen LogP contribution in [-0.2, 0) is 14.8 Å². The Hall–Kier alpha value is -2.83. The number of hydrogen-bond acceptors (Lipinski definition) is 8. The second-order valence-corrected chi connectivity index (χ2v) is 11.1. The number of pyridine rings is 1. The fourth-order valence-corrected chi connectivity index (χ4v) is 4.90. The third-order valence-electron chi connectivity index (χ3n) is 6.06. The van der Waals surface area contributed by atoms with Crippen LogP contribution in [0.4, 0.5) is 0 Å². The zero-order valence-corrected chi connectivity index (χ0v) is 20.5. The summed E-state index contributed by atoms with van der Waals surface area (Å²) in [5.41, 5.74) is 6.45. The van der Waals surface area contributed by atoms with Gasteiger partial charge in [0.15, 0.2) is 5.82 Å². The molecule has 4 rings (SSSR count). The number of amides is 1. The van der Waals surface area contributed by atoms with E-state index in [-0.39, 0.29) is 23.2 Å². The summed E-state index contributed by atoms with van der Waals surface area (Å²) in [5, 5.41) is -0.764. The fraction of sp³-hybridized carbons (Fsp3) is 0.476. The van der Waals surface area contributed by atoms with Crippen LogP contribution in [-0.4, -0.2) is 53.6 Å². The van der Waals surface area contributed by atoms with Crippen molar-refractivity contribution in [2.75, 3.05) is 7.11 Å². The molecule has 2 saturated carbocycles. The summed E-state index contributed by atoms with van der Waals surface area (Å²) < 4.78 is 34.3. The standard InChI is InChI=1S/C21H26ClN7O4S/c1-12-6-14(9-23-8-12)19(30)27-28-20(26-16-7-21(16)4-5-21)29-34(31,32)13(2)17(33-3)18-24-10-15(22)11-25-18/h6,8-11,13,16-17H,4-5,7H2,1-3H3,(H,27,30)(H2,26,28,29)/t13-,16?,17-/m0/s1. The highest BCUT2D eigenvalue weighted by atomic mass is 35.5. The highest BCUT2D eigenvalue weighted by Gasteiger charge is 2.63. The summed E-state index contributed by atoms with van der Waals surface area (Å²) in [4.78, 5) is 29.2. The van der Waals surface area contributed by atoms with E-state index in [1.54, 1.807) is 12.3 Å². The Bertz CT molecular complexity index is 1200. The molecule has 2 aliphatic carbocycles. The van der Waals surface area contributed by atoms with Crippen LogP contribution in [0, 0.1) is 12.3 Å². The van der Waals surface area contributed by atoms with E-state index >= 15 is 0 Å². The van der Waals surface area contributed by atoms with E-state index in [2.05, 4.69) is 35.5 Å². The topological polar surface area (TPSA) is 148 Å². The van der Waals surface area contributed by atoms with E-state index < -0.39 is 27.3 Å². The number of aromatic nitrogens is 3. The van der Waals surface area contributed by atoms with Gasteiger partial charge in [0, 0.05) is 31.9 Å². The van der Waals surface area contributed by atoms with E-state index in [1.807, 2.05) is 6.92 Å². The van der Waals surface area contributed by atoms with Crippen molar-refractivity contribution in [3.63, 3.8) is 0 Å². The molecule has 3 atom stereocenters. The monoisotopic (exact) mass is 507 g/mol. The Morgan fingerprint density at radius 1 is 1.24 bits per heavy atom. The van der Waals surface area contributed by atoms with Gasteiger partial charge in [-0.2, -0.15) is 0 Å². The van der Waals surface area contributed by atoms with Crippen molar-refractivity contribution in [3.8, 4) is 0 Å². The molecule has 11 nitrogen and oxygen atoms in total. The molecule has 182 valence electrons. The molecule has 1 amide bonds. The number of nitrogens with one attached hydrogen (secondary N) is 3. The minimum atomic E-state index is -4.03. The molecule has 0 bridgehead atoms. The molecule has 2 fully saturated rings. The molecule has 3 N–H and O–H groups in total. The lowest BCUT2D eigenvalue weighted by Crippen LogP contribution is -2.52. The van der Waals surface area contributed by atoms with Gasteiger partial charge in [-0.3, -0.25) is 25.4 Å². The van der Waals surface area contributed by atoms with E-state index in [0.29, 0.717) is 10.6 Å². The second kappa shape index (κ2) is 9.43. The van der Waals surface area contributed by atoms with Gasteiger partial charge in [0.1, 0.15) is 11.4 Å². The van der Waals surface area contributed by atoms with Crippen molar-refractivity contribution >= 4 is 33.5 Å². The van der Waals surface area contributed by atoms with Gasteiger partial charge in [0.25, 0.3) is 5.91 Å². The quantitative estimate of drug-likeness (QED) is 0.291. The van der Waals surface area contributed by atoms with Crippen molar-refractivity contribution in [2.24, 2.45) is 10.4 Å². The maximum absolute atomic E-state index is 13.2. The Balaban J connectivity index is 1.49. The van der Waals surface area contributed by atoms with Crippen LogP contribution in [0.25, 0.3) is 0 Å². The summed E-state index contributed by atoms with van der Waals surface area (Å²) >= 11 is 5.83. The Kier molecular flexibility index (Phi) is 6.74. The molecular weight excluding hydrogens is 482 g/mol. The first kappa shape index (κ1) is 24.3. The molecule has 2 heterocycles. The predicted molar refractivity (Wildman–Crippen MR) is 125 cm³/mol. The van der Waals surface area contributed by atoms with Crippen molar-refractivity contribution in [1.82, 2.24) is 30.5 Å². The minimum absolute atomic E-state index is 0.00312. The number of ether oxygens (including phenoxy) is 1. The van der Waals surface area contributed by atoms with Crippen LogP contribution in [0.3, 0.4) is 0 Å². The summed E-state index contributed by atoms with van der Waals surface area (Å²) in [6.45, 7) is 3.29. The molecule has 0 aliphatic heterocycles. The first-order valence-electron chi connectivity index (χ1n) is 10.7. The normalized spacial score (nSPS) is 20.4. The van der Waals surface area contributed by atoms with Crippen molar-refractivity contribution in [2.45, 2.75) is 50.5 Å². The smallest absolute Gasteiger partial charge is 0.271 e. The van der Waals surface area contributed by atoms with Gasteiger partial charge in [0.05, 0.1) is 16.6 Å². The van der Waals surface area contributed by atoms with Gasteiger partial charge in [-0.25, -0.2) is 23.4 Å². The van der Waals surface area contributed by atoms with Crippen molar-refractivity contribution in [1.29, 1.82) is 0 Å². The van der Waals surface area contributed by atoms with Gasteiger partial charge in [-0.1, -0.05) is 11.6 Å². The van der Waals surface area contributed by atoms with Crippen LogP contribution in [0.1, 0.15) is 54.0 Å². The molecule has 34 heavy (non-hydrogen) atoms.